The van der Waals surface area contributed by atoms with Crippen LogP contribution >= 0.6 is 11.3 Å². The van der Waals surface area contributed by atoms with Gasteiger partial charge < -0.3 is 0 Å². The van der Waals surface area contributed by atoms with Gasteiger partial charge in [-0.3, -0.25) is 4.72 Å². The van der Waals surface area contributed by atoms with E-state index in [4.69, 9.17) is 5.26 Å². The summed E-state index contributed by atoms with van der Waals surface area (Å²) < 4.78 is 27.1. The SMILES string of the molecule is CCc1ccc(S(=O)(=O)Nc2cccc(C#N)c2)s1. The molecule has 1 aromatic carbocycles. The average molecular weight is 292 g/mol. The lowest BCUT2D eigenvalue weighted by atomic mass is 10.2. The first-order valence-corrected chi connectivity index (χ1v) is 7.97. The minimum absolute atomic E-state index is 0.284. The van der Waals surface area contributed by atoms with E-state index in [9.17, 15) is 8.42 Å². The van der Waals surface area contributed by atoms with Crippen LogP contribution in [0.25, 0.3) is 0 Å². The maximum absolute atomic E-state index is 12.1. The van der Waals surface area contributed by atoms with Crippen LogP contribution < -0.4 is 4.72 Å². The highest BCUT2D eigenvalue weighted by atomic mass is 32.2. The molecule has 0 unspecified atom stereocenters. The molecule has 0 saturated heterocycles. The molecule has 2 rings (SSSR count). The van der Waals surface area contributed by atoms with Crippen LogP contribution in [0, 0.1) is 11.3 Å². The molecule has 4 nitrogen and oxygen atoms in total. The van der Waals surface area contributed by atoms with E-state index in [0.717, 1.165) is 11.3 Å². The van der Waals surface area contributed by atoms with E-state index in [0.29, 0.717) is 11.3 Å². The average Bonchev–Trinajstić information content (AvgIpc) is 2.88. The summed E-state index contributed by atoms with van der Waals surface area (Å²) in [5.41, 5.74) is 0.811. The van der Waals surface area contributed by atoms with Crippen LogP contribution in [0.15, 0.2) is 40.6 Å². The van der Waals surface area contributed by atoms with E-state index in [1.165, 1.54) is 17.4 Å². The second kappa shape index (κ2) is 5.43. The Morgan fingerprint density at radius 1 is 1.32 bits per heavy atom. The van der Waals surface area contributed by atoms with Crippen molar-refractivity contribution < 1.29 is 8.42 Å². The first-order valence-electron chi connectivity index (χ1n) is 5.67. The number of anilines is 1. The summed E-state index contributed by atoms with van der Waals surface area (Å²) in [4.78, 5) is 1.02. The number of nitriles is 1. The van der Waals surface area contributed by atoms with E-state index >= 15 is 0 Å². The molecule has 0 bridgehead atoms. The zero-order chi connectivity index (χ0) is 13.9. The van der Waals surface area contributed by atoms with Gasteiger partial charge in [-0.15, -0.1) is 11.3 Å². The van der Waals surface area contributed by atoms with Crippen LogP contribution in [0.5, 0.6) is 0 Å². The quantitative estimate of drug-likeness (QED) is 0.941. The molecule has 0 spiro atoms. The first-order chi connectivity index (χ1) is 9.05. The van der Waals surface area contributed by atoms with Crippen molar-refractivity contribution in [1.29, 1.82) is 5.26 Å². The summed E-state index contributed by atoms with van der Waals surface area (Å²) in [7, 11) is -3.57. The lowest BCUT2D eigenvalue weighted by molar-refractivity contribution is 0.603. The fraction of sp³-hybridized carbons (Fsp3) is 0.154. The van der Waals surface area contributed by atoms with Crippen LogP contribution in [0.4, 0.5) is 5.69 Å². The minimum Gasteiger partial charge on any atom is -0.279 e. The summed E-state index contributed by atoms with van der Waals surface area (Å²) in [6.45, 7) is 1.98. The summed E-state index contributed by atoms with van der Waals surface area (Å²) in [5, 5.41) is 8.79. The van der Waals surface area contributed by atoms with Crippen molar-refractivity contribution in [3.63, 3.8) is 0 Å². The van der Waals surface area contributed by atoms with Crippen LogP contribution in [0.1, 0.15) is 17.4 Å². The van der Waals surface area contributed by atoms with Crippen molar-refractivity contribution in [2.24, 2.45) is 0 Å². The number of nitrogens with one attached hydrogen (secondary N) is 1. The number of thiophene rings is 1. The highest BCUT2D eigenvalue weighted by Crippen LogP contribution is 2.24. The second-order valence-corrected chi connectivity index (χ2v) is 6.95. The number of hydrogen-bond acceptors (Lipinski definition) is 4. The Kier molecular flexibility index (Phi) is 3.88. The Hall–Kier alpha value is -1.84. The molecule has 1 heterocycles. The van der Waals surface area contributed by atoms with Crippen molar-refractivity contribution in [3.8, 4) is 6.07 Å². The zero-order valence-corrected chi connectivity index (χ0v) is 11.9. The Morgan fingerprint density at radius 3 is 2.74 bits per heavy atom. The third kappa shape index (κ3) is 3.13. The van der Waals surface area contributed by atoms with Gasteiger partial charge in [-0.2, -0.15) is 5.26 Å². The van der Waals surface area contributed by atoms with Crippen LogP contribution in [0.2, 0.25) is 0 Å². The lowest BCUT2D eigenvalue weighted by Crippen LogP contribution is -2.11. The van der Waals surface area contributed by atoms with E-state index in [1.54, 1.807) is 24.3 Å². The molecule has 0 aliphatic carbocycles. The van der Waals surface area contributed by atoms with Gasteiger partial charge in [0.05, 0.1) is 17.3 Å². The van der Waals surface area contributed by atoms with Crippen LogP contribution in [-0.4, -0.2) is 8.42 Å². The number of sulfonamides is 1. The standard InChI is InChI=1S/C13H12N2O2S2/c1-2-12-6-7-13(18-12)19(16,17)15-11-5-3-4-10(8-11)9-14/h3-8,15H,2H2,1H3. The molecule has 1 aromatic heterocycles. The van der Waals surface area contributed by atoms with E-state index in [1.807, 2.05) is 19.1 Å². The second-order valence-electron chi connectivity index (χ2n) is 3.87. The maximum Gasteiger partial charge on any atom is 0.271 e. The minimum atomic E-state index is -3.57. The number of aryl methyl sites for hydroxylation is 1. The highest BCUT2D eigenvalue weighted by Gasteiger charge is 2.16. The van der Waals surface area contributed by atoms with Gasteiger partial charge in [0.1, 0.15) is 4.21 Å². The monoisotopic (exact) mass is 292 g/mol. The molecule has 0 aliphatic heterocycles. The summed E-state index contributed by atoms with van der Waals surface area (Å²) >= 11 is 1.25. The predicted octanol–water partition coefficient (Wildman–Crippen LogP) is 2.98. The lowest BCUT2D eigenvalue weighted by Gasteiger charge is -2.06. The van der Waals surface area contributed by atoms with Crippen LogP contribution in [-0.2, 0) is 16.4 Å². The molecule has 0 saturated carbocycles. The van der Waals surface area contributed by atoms with E-state index < -0.39 is 10.0 Å². The van der Waals surface area contributed by atoms with Crippen molar-refractivity contribution in [2.45, 2.75) is 17.6 Å². The predicted molar refractivity (Wildman–Crippen MR) is 75.7 cm³/mol. The number of nitrogens with zero attached hydrogens (tertiary/aromatic N) is 1. The topological polar surface area (TPSA) is 70.0 Å². The summed E-state index contributed by atoms with van der Waals surface area (Å²) in [5.74, 6) is 0. The summed E-state index contributed by atoms with van der Waals surface area (Å²) in [6, 6.07) is 11.8. The van der Waals surface area contributed by atoms with Crippen molar-refractivity contribution >= 4 is 27.0 Å². The van der Waals surface area contributed by atoms with Crippen molar-refractivity contribution in [1.82, 2.24) is 0 Å². The Bertz CT molecular complexity index is 727. The molecule has 0 atom stereocenters. The highest BCUT2D eigenvalue weighted by molar-refractivity contribution is 7.94. The Labute approximate surface area is 116 Å². The molecule has 2 aromatic rings. The van der Waals surface area contributed by atoms with Gasteiger partial charge in [-0.25, -0.2) is 8.42 Å². The maximum atomic E-state index is 12.1. The molecular formula is C13H12N2O2S2. The normalized spacial score (nSPS) is 10.9. The number of rotatable bonds is 4. The molecule has 19 heavy (non-hydrogen) atoms. The van der Waals surface area contributed by atoms with Gasteiger partial charge in [0, 0.05) is 4.88 Å². The Morgan fingerprint density at radius 2 is 2.11 bits per heavy atom. The van der Waals surface area contributed by atoms with Gasteiger partial charge >= 0.3 is 0 Å². The molecule has 98 valence electrons. The zero-order valence-electron chi connectivity index (χ0n) is 10.3. The van der Waals surface area contributed by atoms with Gasteiger partial charge in [-0.1, -0.05) is 13.0 Å². The number of hydrogen-bond donors (Lipinski definition) is 1. The molecule has 6 heteroatoms. The summed E-state index contributed by atoms with van der Waals surface area (Å²) in [6.07, 6.45) is 0.810. The molecular weight excluding hydrogens is 280 g/mol. The van der Waals surface area contributed by atoms with Gasteiger partial charge in [-0.05, 0) is 36.8 Å². The molecule has 1 N–H and O–H groups in total. The first kappa shape index (κ1) is 13.6. The fourth-order valence-electron chi connectivity index (χ4n) is 1.55. The van der Waals surface area contributed by atoms with Crippen molar-refractivity contribution in [3.05, 3.63) is 46.8 Å². The molecule has 0 radical (unpaired) electrons. The van der Waals surface area contributed by atoms with Gasteiger partial charge in [0.25, 0.3) is 10.0 Å². The Balaban J connectivity index is 2.28. The van der Waals surface area contributed by atoms with Crippen molar-refractivity contribution in [2.75, 3.05) is 4.72 Å². The third-order valence-corrected chi connectivity index (χ3v) is 5.60. The number of benzene rings is 1. The van der Waals surface area contributed by atoms with Gasteiger partial charge in [0.2, 0.25) is 0 Å². The molecule has 0 amide bonds. The van der Waals surface area contributed by atoms with Crippen LogP contribution in [0.3, 0.4) is 0 Å². The largest absolute Gasteiger partial charge is 0.279 e. The molecule has 0 aliphatic rings. The fourth-order valence-corrected chi connectivity index (χ4v) is 3.90. The third-order valence-electron chi connectivity index (χ3n) is 2.49. The molecule has 0 fully saturated rings. The smallest absolute Gasteiger partial charge is 0.271 e. The van der Waals surface area contributed by atoms with E-state index in [2.05, 4.69) is 4.72 Å². The van der Waals surface area contributed by atoms with E-state index in [-0.39, 0.29) is 4.21 Å². The van der Waals surface area contributed by atoms with Gasteiger partial charge in [0.15, 0.2) is 0 Å².